The fraction of sp³-hybridized carbons (Fsp3) is 0.750. The second-order valence-electron chi connectivity index (χ2n) is 5.46. The molecule has 0 N–H and O–H groups in total. The normalized spacial score (nSPS) is 52.3. The molecular weight excluding hydrogens is 467 g/mol. The van der Waals surface area contributed by atoms with Crippen molar-refractivity contribution in [2.75, 3.05) is 13.2 Å². The molecule has 2 saturated carbocycles. The minimum Gasteiger partial charge on any atom is -0.345 e. The summed E-state index contributed by atoms with van der Waals surface area (Å²) in [5, 5.41) is -0.371. The Bertz CT molecular complexity index is 502. The van der Waals surface area contributed by atoms with Gasteiger partial charge in [-0.25, -0.2) is 0 Å². The highest BCUT2D eigenvalue weighted by molar-refractivity contribution is 9.26. The molecule has 0 aromatic heterocycles. The number of fused-ring (bicyclic) bond motifs is 3. The number of halogens is 4. The van der Waals surface area contributed by atoms with E-state index in [-0.39, 0.29) is 28.9 Å². The van der Waals surface area contributed by atoms with Crippen LogP contribution >= 0.6 is 59.4 Å². The van der Waals surface area contributed by atoms with Crippen LogP contribution in [-0.4, -0.2) is 37.7 Å². The maximum atomic E-state index is 12.6. The molecule has 2 bridgehead atoms. The Morgan fingerprint density at radius 3 is 2.47 bits per heavy atom. The van der Waals surface area contributed by atoms with Gasteiger partial charge in [0.05, 0.1) is 18.6 Å². The van der Waals surface area contributed by atoms with Crippen LogP contribution in [0, 0.1) is 17.8 Å². The van der Waals surface area contributed by atoms with E-state index in [2.05, 4.69) is 47.8 Å². The molecule has 1 aliphatic heterocycles. The van der Waals surface area contributed by atoms with Crippen molar-refractivity contribution in [1.29, 1.82) is 0 Å². The van der Waals surface area contributed by atoms with Crippen LogP contribution in [-0.2, 0) is 14.3 Å². The molecule has 7 heteroatoms. The van der Waals surface area contributed by atoms with Gasteiger partial charge in [0, 0.05) is 17.8 Å². The SMILES string of the molecule is O=C1C2C(C(Cl)C1(Br)Br)[C@@]1(Br)C=C[C@@H]2C12OCCO2. The van der Waals surface area contributed by atoms with E-state index in [9.17, 15) is 4.79 Å². The van der Waals surface area contributed by atoms with Crippen LogP contribution in [0.2, 0.25) is 0 Å². The molecule has 3 nitrogen and oxygen atoms in total. The Balaban J connectivity index is 1.88. The minimum atomic E-state index is -0.861. The zero-order chi connectivity index (χ0) is 13.6. The van der Waals surface area contributed by atoms with Gasteiger partial charge >= 0.3 is 0 Å². The van der Waals surface area contributed by atoms with E-state index in [0.717, 1.165) is 0 Å². The molecule has 1 saturated heterocycles. The first-order valence-corrected chi connectivity index (χ1v) is 8.90. The predicted octanol–water partition coefficient (Wildman–Crippen LogP) is 2.97. The van der Waals surface area contributed by atoms with Gasteiger partial charge in [-0.1, -0.05) is 59.9 Å². The van der Waals surface area contributed by atoms with E-state index < -0.39 is 13.3 Å². The Labute approximate surface area is 140 Å². The molecule has 0 radical (unpaired) electrons. The minimum absolute atomic E-state index is 0.0616. The summed E-state index contributed by atoms with van der Waals surface area (Å²) in [4.78, 5) is 12.6. The van der Waals surface area contributed by atoms with Crippen molar-refractivity contribution in [3.05, 3.63) is 12.2 Å². The highest BCUT2D eigenvalue weighted by Gasteiger charge is 2.80. The van der Waals surface area contributed by atoms with E-state index in [1.807, 2.05) is 12.2 Å². The lowest BCUT2D eigenvalue weighted by Gasteiger charge is -2.38. The third-order valence-corrected chi connectivity index (χ3v) is 9.03. The highest BCUT2D eigenvalue weighted by Crippen LogP contribution is 2.71. The molecule has 19 heavy (non-hydrogen) atoms. The van der Waals surface area contributed by atoms with E-state index in [0.29, 0.717) is 13.2 Å². The number of rotatable bonds is 0. The number of carbonyl (C=O) groups excluding carboxylic acids is 1. The number of carbonyl (C=O) groups is 1. The number of Topliss-reactive ketones (excluding diaryl/α,β-unsaturated/α-hetero) is 1. The third kappa shape index (κ3) is 1.31. The Hall–Kier alpha value is 1.06. The largest absolute Gasteiger partial charge is 0.345 e. The molecule has 1 heterocycles. The Kier molecular flexibility index (Phi) is 2.79. The summed E-state index contributed by atoms with van der Waals surface area (Å²) in [5.74, 6) is -1.02. The van der Waals surface area contributed by atoms with Gasteiger partial charge in [0.1, 0.15) is 4.32 Å². The summed E-state index contributed by atoms with van der Waals surface area (Å²) in [6.45, 7) is 1.11. The first-order valence-electron chi connectivity index (χ1n) is 6.08. The lowest BCUT2D eigenvalue weighted by atomic mass is 9.85. The van der Waals surface area contributed by atoms with Crippen molar-refractivity contribution in [2.24, 2.45) is 17.8 Å². The zero-order valence-corrected chi connectivity index (χ0v) is 15.1. The molecule has 4 rings (SSSR count). The quantitative estimate of drug-likeness (QED) is 0.398. The van der Waals surface area contributed by atoms with E-state index >= 15 is 0 Å². The number of ether oxygens (including phenoxy) is 2. The van der Waals surface area contributed by atoms with Crippen LogP contribution in [0.3, 0.4) is 0 Å². The molecule has 5 atom stereocenters. The Morgan fingerprint density at radius 1 is 1.26 bits per heavy atom. The van der Waals surface area contributed by atoms with Crippen molar-refractivity contribution in [3.63, 3.8) is 0 Å². The van der Waals surface area contributed by atoms with Gasteiger partial charge in [-0.05, 0) is 0 Å². The number of alkyl halides is 4. The van der Waals surface area contributed by atoms with Gasteiger partial charge in [0.2, 0.25) is 0 Å². The topological polar surface area (TPSA) is 35.5 Å². The maximum absolute atomic E-state index is 12.6. The summed E-state index contributed by atoms with van der Waals surface area (Å²) in [6.07, 6.45) is 4.08. The molecule has 0 aromatic rings. The lowest BCUT2D eigenvalue weighted by Crippen LogP contribution is -2.51. The van der Waals surface area contributed by atoms with Crippen LogP contribution in [0.1, 0.15) is 0 Å². The van der Waals surface area contributed by atoms with Gasteiger partial charge < -0.3 is 9.47 Å². The van der Waals surface area contributed by atoms with Crippen LogP contribution in [0.25, 0.3) is 0 Å². The molecule has 3 unspecified atom stereocenters. The van der Waals surface area contributed by atoms with Crippen molar-refractivity contribution in [3.8, 4) is 0 Å². The van der Waals surface area contributed by atoms with Crippen molar-refractivity contribution < 1.29 is 14.3 Å². The monoisotopic (exact) mass is 474 g/mol. The standard InChI is InChI=1S/C12H10Br3ClO3/c13-10-2-1-5(12(10)18-3-4-19-12)6-7(10)8(16)11(14,15)9(6)17/h1-2,5-8H,3-4H2/t5-,6?,7?,8?,10-/m0/s1. The smallest absolute Gasteiger partial charge is 0.194 e. The summed E-state index contributed by atoms with van der Waals surface area (Å²) >= 11 is 17.2. The second-order valence-corrected chi connectivity index (χ2v) is 10.8. The molecule has 3 fully saturated rings. The fourth-order valence-corrected chi connectivity index (χ4v) is 6.98. The van der Waals surface area contributed by atoms with Crippen molar-refractivity contribution in [1.82, 2.24) is 0 Å². The number of ketones is 1. The molecule has 3 aliphatic carbocycles. The predicted molar refractivity (Wildman–Crippen MR) is 81.1 cm³/mol. The number of hydrogen-bond acceptors (Lipinski definition) is 3. The zero-order valence-electron chi connectivity index (χ0n) is 9.61. The van der Waals surface area contributed by atoms with E-state index in [1.165, 1.54) is 0 Å². The molecule has 104 valence electrons. The third-order valence-electron chi connectivity index (χ3n) is 4.79. The second kappa shape index (κ2) is 3.87. The van der Waals surface area contributed by atoms with Crippen molar-refractivity contribution >= 4 is 65.2 Å². The molecule has 0 aromatic carbocycles. The average Bonchev–Trinajstić information content (AvgIpc) is 3.04. The molecule has 1 spiro atoms. The van der Waals surface area contributed by atoms with Gasteiger partial charge in [-0.2, -0.15) is 0 Å². The lowest BCUT2D eigenvalue weighted by molar-refractivity contribution is -0.179. The highest BCUT2D eigenvalue weighted by atomic mass is 79.9. The molecule has 4 aliphatic rings. The average molecular weight is 477 g/mol. The van der Waals surface area contributed by atoms with Gasteiger partial charge in [-0.15, -0.1) is 11.6 Å². The van der Waals surface area contributed by atoms with E-state index in [4.69, 9.17) is 21.1 Å². The summed E-state index contributed by atoms with van der Waals surface area (Å²) in [6, 6.07) is 0. The Morgan fingerprint density at radius 2 is 1.89 bits per heavy atom. The summed E-state index contributed by atoms with van der Waals surface area (Å²) in [7, 11) is 0. The number of hydrogen-bond donors (Lipinski definition) is 0. The van der Waals surface area contributed by atoms with Gasteiger partial charge in [0.25, 0.3) is 0 Å². The molecule has 0 amide bonds. The summed E-state index contributed by atoms with van der Waals surface area (Å²) < 4.78 is 10.4. The first kappa shape index (κ1) is 13.7. The first-order chi connectivity index (χ1) is 8.86. The van der Waals surface area contributed by atoms with Crippen LogP contribution in [0.5, 0.6) is 0 Å². The maximum Gasteiger partial charge on any atom is 0.194 e. The van der Waals surface area contributed by atoms with Gasteiger partial charge in [-0.3, -0.25) is 4.79 Å². The fourth-order valence-electron chi connectivity index (χ4n) is 4.07. The van der Waals surface area contributed by atoms with E-state index in [1.54, 1.807) is 0 Å². The summed E-state index contributed by atoms with van der Waals surface area (Å²) in [5.41, 5.74) is 0. The van der Waals surface area contributed by atoms with Crippen molar-refractivity contribution in [2.45, 2.75) is 18.7 Å². The van der Waals surface area contributed by atoms with Gasteiger partial charge in [0.15, 0.2) is 14.8 Å². The molecular formula is C12H10Br3ClO3. The van der Waals surface area contributed by atoms with Crippen LogP contribution < -0.4 is 0 Å². The van der Waals surface area contributed by atoms with Crippen LogP contribution in [0.4, 0.5) is 0 Å². The van der Waals surface area contributed by atoms with Crippen LogP contribution in [0.15, 0.2) is 12.2 Å².